The largest absolute Gasteiger partial charge is 0.337 e. The normalized spacial score (nSPS) is 14.7. The van der Waals surface area contributed by atoms with E-state index < -0.39 is 10.8 Å². The Morgan fingerprint density at radius 3 is 2.40 bits per heavy atom. The number of nitrogens with one attached hydrogen (secondary N) is 1. The van der Waals surface area contributed by atoms with Crippen molar-refractivity contribution in [2.75, 3.05) is 13.1 Å². The number of nitro benzene ring substituents is 1. The lowest BCUT2D eigenvalue weighted by atomic mass is 10.1. The van der Waals surface area contributed by atoms with Crippen LogP contribution >= 0.6 is 15.9 Å². The van der Waals surface area contributed by atoms with Gasteiger partial charge in [-0.25, -0.2) is 0 Å². The number of carbonyl (C=O) groups is 2. The van der Waals surface area contributed by atoms with Crippen molar-refractivity contribution < 1.29 is 14.5 Å². The molecule has 3 rings (SSSR count). The maximum Gasteiger partial charge on any atom is 0.270 e. The van der Waals surface area contributed by atoms with E-state index in [0.29, 0.717) is 24.2 Å². The summed E-state index contributed by atoms with van der Waals surface area (Å²) >= 11 is 3.34. The summed E-state index contributed by atoms with van der Waals surface area (Å²) in [7, 11) is 0. The topological polar surface area (TPSA) is 92.5 Å². The van der Waals surface area contributed by atoms with Crippen LogP contribution in [0.25, 0.3) is 6.08 Å². The zero-order valence-electron chi connectivity index (χ0n) is 16.3. The molecule has 0 aliphatic carbocycles. The van der Waals surface area contributed by atoms with Crippen LogP contribution in [0.5, 0.6) is 0 Å². The molecule has 1 saturated heterocycles. The van der Waals surface area contributed by atoms with Gasteiger partial charge in [-0.15, -0.1) is 0 Å². The monoisotopic (exact) mass is 471 g/mol. The van der Waals surface area contributed by atoms with Crippen LogP contribution in [-0.4, -0.2) is 34.7 Å². The highest BCUT2D eigenvalue weighted by Crippen LogP contribution is 2.18. The van der Waals surface area contributed by atoms with Crippen LogP contribution in [0, 0.1) is 10.1 Å². The van der Waals surface area contributed by atoms with E-state index in [1.807, 2.05) is 0 Å². The highest BCUT2D eigenvalue weighted by atomic mass is 79.9. The number of nitro groups is 1. The molecule has 0 radical (unpaired) electrons. The second kappa shape index (κ2) is 10.2. The quantitative estimate of drug-likeness (QED) is 0.393. The highest BCUT2D eigenvalue weighted by Gasteiger charge is 2.22. The molecule has 7 nitrogen and oxygen atoms in total. The average molecular weight is 472 g/mol. The molecular weight excluding hydrogens is 450 g/mol. The van der Waals surface area contributed by atoms with Gasteiger partial charge in [-0.05, 0) is 42.7 Å². The molecule has 0 aromatic heterocycles. The molecule has 0 saturated carbocycles. The van der Waals surface area contributed by atoms with Gasteiger partial charge in [0.2, 0.25) is 0 Å². The van der Waals surface area contributed by atoms with Crippen molar-refractivity contribution in [3.05, 3.63) is 79.9 Å². The summed E-state index contributed by atoms with van der Waals surface area (Å²) in [5.41, 5.74) is 0.890. The standard InChI is InChI=1S/C22H22BrN3O4/c23-18-9-6-8-17(15-18)21(27)24-20(22(28)25-11-3-1-2-4-12-25)14-16-7-5-10-19(13-16)26(29)30/h5-10,13-15H,1-4,11-12H2,(H,24,27)/b20-14-. The molecule has 2 aromatic carbocycles. The van der Waals surface area contributed by atoms with Crippen molar-refractivity contribution >= 4 is 39.5 Å². The smallest absolute Gasteiger partial charge is 0.270 e. The molecule has 2 amide bonds. The van der Waals surface area contributed by atoms with Crippen LogP contribution in [0.15, 0.2) is 58.7 Å². The molecule has 8 heteroatoms. The third-order valence-corrected chi connectivity index (χ3v) is 5.34. The van der Waals surface area contributed by atoms with Gasteiger partial charge in [-0.3, -0.25) is 19.7 Å². The van der Waals surface area contributed by atoms with Crippen LogP contribution in [0.3, 0.4) is 0 Å². The fourth-order valence-corrected chi connectivity index (χ4v) is 3.71. The van der Waals surface area contributed by atoms with E-state index in [-0.39, 0.29) is 17.3 Å². The van der Waals surface area contributed by atoms with Crippen molar-refractivity contribution in [2.45, 2.75) is 25.7 Å². The number of hydrogen-bond donors (Lipinski definition) is 1. The third-order valence-electron chi connectivity index (χ3n) is 4.85. The molecule has 0 atom stereocenters. The fourth-order valence-electron chi connectivity index (χ4n) is 3.31. The van der Waals surface area contributed by atoms with Crippen LogP contribution < -0.4 is 5.32 Å². The predicted octanol–water partition coefficient (Wildman–Crippen LogP) is 4.53. The van der Waals surface area contributed by atoms with Gasteiger partial charge in [0.15, 0.2) is 0 Å². The molecule has 1 N–H and O–H groups in total. The van der Waals surface area contributed by atoms with E-state index in [4.69, 9.17) is 0 Å². The Labute approximate surface area is 183 Å². The number of hydrogen-bond acceptors (Lipinski definition) is 4. The Morgan fingerprint density at radius 1 is 1.03 bits per heavy atom. The molecule has 1 heterocycles. The zero-order valence-corrected chi connectivity index (χ0v) is 17.9. The van der Waals surface area contributed by atoms with Gasteiger partial charge >= 0.3 is 0 Å². The Kier molecular flexibility index (Phi) is 7.35. The van der Waals surface area contributed by atoms with Crippen molar-refractivity contribution in [2.24, 2.45) is 0 Å². The number of non-ortho nitro benzene ring substituents is 1. The maximum absolute atomic E-state index is 13.2. The lowest BCUT2D eigenvalue weighted by molar-refractivity contribution is -0.384. The van der Waals surface area contributed by atoms with Gasteiger partial charge in [-0.2, -0.15) is 0 Å². The number of rotatable bonds is 5. The van der Waals surface area contributed by atoms with Crippen LogP contribution in [-0.2, 0) is 4.79 Å². The lowest BCUT2D eigenvalue weighted by Crippen LogP contribution is -2.39. The molecule has 1 aliphatic rings. The molecule has 0 unspecified atom stereocenters. The molecule has 30 heavy (non-hydrogen) atoms. The van der Waals surface area contributed by atoms with Gasteiger partial charge < -0.3 is 10.2 Å². The minimum absolute atomic E-state index is 0.0800. The van der Waals surface area contributed by atoms with Gasteiger partial charge in [-0.1, -0.05) is 47.0 Å². The maximum atomic E-state index is 13.2. The fraction of sp³-hybridized carbons (Fsp3) is 0.273. The first-order valence-corrected chi connectivity index (χ1v) is 10.6. The zero-order chi connectivity index (χ0) is 21.5. The van der Waals surface area contributed by atoms with E-state index in [9.17, 15) is 19.7 Å². The highest BCUT2D eigenvalue weighted by molar-refractivity contribution is 9.10. The number of amides is 2. The predicted molar refractivity (Wildman–Crippen MR) is 118 cm³/mol. The van der Waals surface area contributed by atoms with Crippen molar-refractivity contribution in [1.29, 1.82) is 0 Å². The van der Waals surface area contributed by atoms with Crippen LogP contribution in [0.4, 0.5) is 5.69 Å². The summed E-state index contributed by atoms with van der Waals surface area (Å²) in [6.45, 7) is 1.25. The second-order valence-corrected chi connectivity index (χ2v) is 8.00. The first-order valence-electron chi connectivity index (χ1n) is 9.76. The van der Waals surface area contributed by atoms with E-state index in [0.717, 1.165) is 30.2 Å². The molecule has 1 aliphatic heterocycles. The Morgan fingerprint density at radius 2 is 1.73 bits per heavy atom. The number of carbonyl (C=O) groups excluding carboxylic acids is 2. The molecular formula is C22H22BrN3O4. The first-order chi connectivity index (χ1) is 14.4. The minimum atomic E-state index is -0.492. The van der Waals surface area contributed by atoms with Gasteiger partial charge in [0.1, 0.15) is 5.70 Å². The van der Waals surface area contributed by atoms with Crippen LogP contribution in [0.2, 0.25) is 0 Å². The van der Waals surface area contributed by atoms with Crippen LogP contribution in [0.1, 0.15) is 41.6 Å². The summed E-state index contributed by atoms with van der Waals surface area (Å²) in [5.74, 6) is -0.706. The second-order valence-electron chi connectivity index (χ2n) is 7.08. The summed E-state index contributed by atoms with van der Waals surface area (Å²) in [6, 6.07) is 12.8. The Hall–Kier alpha value is -3.00. The molecule has 156 valence electrons. The van der Waals surface area contributed by atoms with Crippen molar-refractivity contribution in [3.8, 4) is 0 Å². The minimum Gasteiger partial charge on any atom is -0.337 e. The van der Waals surface area contributed by atoms with Crippen molar-refractivity contribution in [1.82, 2.24) is 10.2 Å². The van der Waals surface area contributed by atoms with E-state index in [1.54, 1.807) is 41.3 Å². The number of halogens is 1. The van der Waals surface area contributed by atoms with E-state index >= 15 is 0 Å². The van der Waals surface area contributed by atoms with E-state index in [1.165, 1.54) is 18.2 Å². The number of benzene rings is 2. The first kappa shape index (κ1) is 21.7. The van der Waals surface area contributed by atoms with Gasteiger partial charge in [0.05, 0.1) is 4.92 Å². The lowest BCUT2D eigenvalue weighted by Gasteiger charge is -2.22. The molecule has 0 spiro atoms. The molecule has 0 bridgehead atoms. The summed E-state index contributed by atoms with van der Waals surface area (Å²) < 4.78 is 0.748. The summed E-state index contributed by atoms with van der Waals surface area (Å²) in [5, 5.41) is 13.8. The van der Waals surface area contributed by atoms with Gasteiger partial charge in [0.25, 0.3) is 17.5 Å². The van der Waals surface area contributed by atoms with Crippen molar-refractivity contribution in [3.63, 3.8) is 0 Å². The summed E-state index contributed by atoms with van der Waals surface area (Å²) in [4.78, 5) is 38.3. The third kappa shape index (κ3) is 5.76. The molecule has 1 fully saturated rings. The average Bonchev–Trinajstić information content (AvgIpc) is 3.02. The summed E-state index contributed by atoms with van der Waals surface area (Å²) in [6.07, 6.45) is 5.46. The van der Waals surface area contributed by atoms with Gasteiger partial charge in [0, 0.05) is 35.3 Å². The van der Waals surface area contributed by atoms with E-state index in [2.05, 4.69) is 21.2 Å². The number of likely N-dealkylation sites (tertiary alicyclic amines) is 1. The Balaban J connectivity index is 1.93. The molecule has 2 aromatic rings. The SMILES string of the molecule is O=C(N/C(=C\c1cccc([N+](=O)[O-])c1)C(=O)N1CCCCCC1)c1cccc(Br)c1. The number of nitrogens with zero attached hydrogens (tertiary/aromatic N) is 2. The Bertz CT molecular complexity index is 982.